The Balaban J connectivity index is 0.000000379. The van der Waals surface area contributed by atoms with Gasteiger partial charge in [-0.1, -0.05) is 0 Å². The Kier molecular flexibility index (Phi) is 10.3. The minimum absolute atomic E-state index is 0.109. The van der Waals surface area contributed by atoms with Gasteiger partial charge in [0.1, 0.15) is 29.4 Å². The summed E-state index contributed by atoms with van der Waals surface area (Å²) < 4.78 is 15.6. The van der Waals surface area contributed by atoms with E-state index in [0.29, 0.717) is 12.8 Å². The molecule has 0 heterocycles. The fourth-order valence-electron chi connectivity index (χ4n) is 3.31. The Morgan fingerprint density at radius 2 is 1.06 bits per heavy atom. The molecule has 0 aliphatic heterocycles. The summed E-state index contributed by atoms with van der Waals surface area (Å²) in [5, 5.41) is 2.72. The highest BCUT2D eigenvalue weighted by Crippen LogP contribution is 2.32. The van der Waals surface area contributed by atoms with Crippen LogP contribution in [0.3, 0.4) is 0 Å². The van der Waals surface area contributed by atoms with Crippen LogP contribution in [0.5, 0.6) is 0 Å². The maximum atomic E-state index is 12.2. The molecule has 35 heavy (non-hydrogen) atoms. The van der Waals surface area contributed by atoms with Crippen LogP contribution in [-0.2, 0) is 23.8 Å². The van der Waals surface area contributed by atoms with E-state index in [2.05, 4.69) is 5.32 Å². The van der Waals surface area contributed by atoms with Crippen molar-refractivity contribution in [3.63, 3.8) is 0 Å². The molecule has 2 aliphatic rings. The first-order valence-corrected chi connectivity index (χ1v) is 12.0. The van der Waals surface area contributed by atoms with Gasteiger partial charge in [0.25, 0.3) is 0 Å². The van der Waals surface area contributed by atoms with Gasteiger partial charge in [0.05, 0.1) is 0 Å². The topological polar surface area (TPSA) is 128 Å². The standard InChI is InChI=1S/C15H25NO5.C10H17NO3/c1-14(2,3)20-12(18)16(11-7-10(8-11)9-17)13(19)21-15(4,5)6;1-10(2,3)14-9(13)11-8-4-7(5-8)6-12/h9-11H,7-8H2,1-6H3;6-8H,4-5H2,1-3H3,(H,11,13). The molecule has 0 saturated heterocycles. The second kappa shape index (κ2) is 11.9. The minimum Gasteiger partial charge on any atom is -0.444 e. The van der Waals surface area contributed by atoms with E-state index in [1.165, 1.54) is 0 Å². The van der Waals surface area contributed by atoms with Crippen molar-refractivity contribution < 1.29 is 38.2 Å². The van der Waals surface area contributed by atoms with Gasteiger partial charge in [-0.2, -0.15) is 0 Å². The van der Waals surface area contributed by atoms with Gasteiger partial charge < -0.3 is 29.1 Å². The molecule has 0 aromatic carbocycles. The van der Waals surface area contributed by atoms with Crippen LogP contribution in [0.4, 0.5) is 14.4 Å². The van der Waals surface area contributed by atoms with Crippen LogP contribution in [0.2, 0.25) is 0 Å². The Labute approximate surface area is 208 Å². The van der Waals surface area contributed by atoms with Crippen LogP contribution < -0.4 is 5.32 Å². The van der Waals surface area contributed by atoms with E-state index in [0.717, 1.165) is 30.3 Å². The van der Waals surface area contributed by atoms with E-state index in [1.54, 1.807) is 41.5 Å². The summed E-state index contributed by atoms with van der Waals surface area (Å²) in [7, 11) is 0. The van der Waals surface area contributed by atoms with Crippen LogP contribution in [0, 0.1) is 11.8 Å². The molecule has 2 saturated carbocycles. The molecule has 1 N–H and O–H groups in total. The third-order valence-corrected chi connectivity index (χ3v) is 4.98. The Morgan fingerprint density at radius 3 is 1.40 bits per heavy atom. The first-order chi connectivity index (χ1) is 15.8. The SMILES string of the molecule is CC(C)(C)OC(=O)N(C(=O)OC(C)(C)C)C1CC(C=O)C1.CC(C)(C)OC(=O)NC1CC(C=O)C1. The fraction of sp³-hybridized carbons (Fsp3) is 0.800. The Bertz CT molecular complexity index is 736. The normalized spacial score (nSPS) is 23.7. The van der Waals surface area contributed by atoms with Crippen molar-refractivity contribution in [1.82, 2.24) is 10.2 Å². The second-order valence-electron chi connectivity index (χ2n) is 12.1. The van der Waals surface area contributed by atoms with Gasteiger partial charge >= 0.3 is 18.3 Å². The highest BCUT2D eigenvalue weighted by molar-refractivity contribution is 5.89. The molecule has 3 amide bonds. The molecular formula is C25H42N2O8. The molecule has 0 bridgehead atoms. The number of rotatable bonds is 4. The molecule has 0 radical (unpaired) electrons. The van der Waals surface area contributed by atoms with Crippen LogP contribution >= 0.6 is 0 Å². The number of imide groups is 1. The van der Waals surface area contributed by atoms with Crippen molar-refractivity contribution in [2.24, 2.45) is 11.8 Å². The van der Waals surface area contributed by atoms with E-state index in [9.17, 15) is 24.0 Å². The Hall–Kier alpha value is -2.65. The van der Waals surface area contributed by atoms with Gasteiger partial charge in [0.2, 0.25) is 0 Å². The van der Waals surface area contributed by atoms with Gasteiger partial charge in [-0.05, 0) is 88.0 Å². The number of carbonyl (C=O) groups is 5. The molecule has 2 aliphatic carbocycles. The van der Waals surface area contributed by atoms with Gasteiger partial charge in [-0.25, -0.2) is 19.3 Å². The number of nitrogens with zero attached hydrogens (tertiary/aromatic N) is 1. The van der Waals surface area contributed by atoms with Crippen LogP contribution in [0.25, 0.3) is 0 Å². The summed E-state index contributed by atoms with van der Waals surface area (Å²) in [5.74, 6) is 0.0114. The lowest BCUT2D eigenvalue weighted by atomic mass is 9.80. The minimum atomic E-state index is -0.730. The molecule has 0 atom stereocenters. The first-order valence-electron chi connectivity index (χ1n) is 12.0. The smallest absolute Gasteiger partial charge is 0.420 e. The van der Waals surface area contributed by atoms with Crippen molar-refractivity contribution in [3.8, 4) is 0 Å². The maximum absolute atomic E-state index is 12.2. The van der Waals surface area contributed by atoms with Crippen molar-refractivity contribution in [2.45, 2.75) is 117 Å². The van der Waals surface area contributed by atoms with Crippen LogP contribution in [0.1, 0.15) is 88.0 Å². The molecule has 2 rings (SSSR count). The molecule has 2 fully saturated rings. The molecular weight excluding hydrogens is 456 g/mol. The quantitative estimate of drug-likeness (QED) is 0.439. The van der Waals surface area contributed by atoms with Crippen molar-refractivity contribution in [3.05, 3.63) is 0 Å². The van der Waals surface area contributed by atoms with Gasteiger partial charge in [0.15, 0.2) is 0 Å². The summed E-state index contributed by atoms with van der Waals surface area (Å²) in [4.78, 5) is 57.7. The van der Waals surface area contributed by atoms with Crippen molar-refractivity contribution in [2.75, 3.05) is 0 Å². The third kappa shape index (κ3) is 11.6. The lowest BCUT2D eigenvalue weighted by Gasteiger charge is -2.40. The fourth-order valence-corrected chi connectivity index (χ4v) is 3.31. The summed E-state index contributed by atoms with van der Waals surface area (Å²) in [5.41, 5.74) is -1.87. The monoisotopic (exact) mass is 498 g/mol. The highest BCUT2D eigenvalue weighted by Gasteiger charge is 2.43. The zero-order valence-corrected chi connectivity index (χ0v) is 22.5. The van der Waals surface area contributed by atoms with Crippen LogP contribution in [-0.4, -0.2) is 64.6 Å². The number of ether oxygens (including phenoxy) is 3. The molecule has 0 aromatic heterocycles. The number of alkyl carbamates (subject to hydrolysis) is 1. The van der Waals surface area contributed by atoms with Crippen LogP contribution in [0.15, 0.2) is 0 Å². The lowest BCUT2D eigenvalue weighted by Crippen LogP contribution is -2.53. The average Bonchev–Trinajstić information content (AvgIpc) is 2.55. The highest BCUT2D eigenvalue weighted by atomic mass is 16.6. The predicted molar refractivity (Wildman–Crippen MR) is 129 cm³/mol. The number of amides is 3. The maximum Gasteiger partial charge on any atom is 0.420 e. The zero-order valence-electron chi connectivity index (χ0n) is 22.5. The van der Waals surface area contributed by atoms with E-state index < -0.39 is 35.1 Å². The zero-order chi connectivity index (χ0) is 27.2. The van der Waals surface area contributed by atoms with Gasteiger partial charge in [0, 0.05) is 23.9 Å². The van der Waals surface area contributed by atoms with E-state index in [4.69, 9.17) is 14.2 Å². The number of hydrogen-bond acceptors (Lipinski definition) is 8. The molecule has 0 unspecified atom stereocenters. The van der Waals surface area contributed by atoms with Gasteiger partial charge in [-0.3, -0.25) is 0 Å². The average molecular weight is 499 g/mol. The summed E-state index contributed by atoms with van der Waals surface area (Å²) in [6.45, 7) is 15.8. The summed E-state index contributed by atoms with van der Waals surface area (Å²) in [6, 6.07) is -0.232. The van der Waals surface area contributed by atoms with E-state index >= 15 is 0 Å². The second-order valence-corrected chi connectivity index (χ2v) is 12.1. The van der Waals surface area contributed by atoms with E-state index in [-0.39, 0.29) is 23.9 Å². The molecule has 200 valence electrons. The van der Waals surface area contributed by atoms with E-state index in [1.807, 2.05) is 20.8 Å². The summed E-state index contributed by atoms with van der Waals surface area (Å²) in [6.07, 6.45) is 2.32. The molecule has 10 nitrogen and oxygen atoms in total. The molecule has 10 heteroatoms. The number of nitrogens with one attached hydrogen (secondary N) is 1. The number of hydrogen-bond donors (Lipinski definition) is 1. The van der Waals surface area contributed by atoms with Crippen molar-refractivity contribution in [1.29, 1.82) is 0 Å². The predicted octanol–water partition coefficient (Wildman–Crippen LogP) is 4.62. The van der Waals surface area contributed by atoms with Gasteiger partial charge in [-0.15, -0.1) is 0 Å². The molecule has 0 aromatic rings. The lowest BCUT2D eigenvalue weighted by molar-refractivity contribution is -0.115. The molecule has 0 spiro atoms. The largest absolute Gasteiger partial charge is 0.444 e. The first kappa shape index (κ1) is 30.4. The third-order valence-electron chi connectivity index (χ3n) is 4.98. The number of carbonyl (C=O) groups excluding carboxylic acids is 5. The summed E-state index contributed by atoms with van der Waals surface area (Å²) >= 11 is 0. The van der Waals surface area contributed by atoms with Crippen molar-refractivity contribution >= 4 is 30.9 Å². The Morgan fingerprint density at radius 1 is 0.686 bits per heavy atom. The number of aldehydes is 2.